The van der Waals surface area contributed by atoms with E-state index in [1.807, 2.05) is 0 Å². The highest BCUT2D eigenvalue weighted by Gasteiger charge is 2.12. The quantitative estimate of drug-likeness (QED) is 0.873. The molecule has 0 amide bonds. The lowest BCUT2D eigenvalue weighted by Gasteiger charge is -2.10. The van der Waals surface area contributed by atoms with E-state index in [0.717, 1.165) is 6.42 Å². The van der Waals surface area contributed by atoms with Gasteiger partial charge in [0.15, 0.2) is 0 Å². The number of hydrogen-bond donors (Lipinski definition) is 1. The van der Waals surface area contributed by atoms with Crippen LogP contribution in [-0.2, 0) is 7.05 Å². The Balaban J connectivity index is 2.58. The minimum Gasteiger partial charge on any atom is -0.350 e. The van der Waals surface area contributed by atoms with E-state index in [0.29, 0.717) is 12.5 Å². The van der Waals surface area contributed by atoms with Crippen LogP contribution < -0.4 is 5.73 Å². The monoisotopic (exact) mass is 242 g/mol. The van der Waals surface area contributed by atoms with Crippen LogP contribution in [0.2, 0.25) is 0 Å². The molecule has 2 N–H and O–H groups in total. The predicted molar refractivity (Wildman–Crippen MR) is 79.4 cm³/mol. The summed E-state index contributed by atoms with van der Waals surface area (Å²) in [6.07, 6.45) is 5.45. The zero-order chi connectivity index (χ0) is 13.1. The maximum absolute atomic E-state index is 5.62. The fourth-order valence-electron chi connectivity index (χ4n) is 2.47. The number of nitrogens with zero attached hydrogens (tertiary/aromatic N) is 1. The van der Waals surface area contributed by atoms with Crippen LogP contribution in [0.5, 0.6) is 0 Å². The van der Waals surface area contributed by atoms with Crippen LogP contribution >= 0.6 is 0 Å². The first-order valence-electron chi connectivity index (χ1n) is 6.59. The van der Waals surface area contributed by atoms with Crippen molar-refractivity contribution in [2.45, 2.75) is 20.3 Å². The molecule has 1 heterocycles. The van der Waals surface area contributed by atoms with Gasteiger partial charge in [0, 0.05) is 29.7 Å². The Bertz CT molecular complexity index is 561. The van der Waals surface area contributed by atoms with E-state index < -0.39 is 0 Å². The van der Waals surface area contributed by atoms with E-state index in [9.17, 15) is 0 Å². The smallest absolute Gasteiger partial charge is 0.0484 e. The van der Waals surface area contributed by atoms with Gasteiger partial charge in [-0.25, -0.2) is 0 Å². The van der Waals surface area contributed by atoms with Gasteiger partial charge in [-0.3, -0.25) is 0 Å². The molecular weight excluding hydrogens is 220 g/mol. The number of hydrogen-bond acceptors (Lipinski definition) is 1. The van der Waals surface area contributed by atoms with E-state index in [1.165, 1.54) is 22.0 Å². The van der Waals surface area contributed by atoms with E-state index in [-0.39, 0.29) is 0 Å². The minimum absolute atomic E-state index is 0.516. The Labute approximate surface area is 109 Å². The average Bonchev–Trinajstić information content (AvgIpc) is 2.68. The van der Waals surface area contributed by atoms with Crippen LogP contribution in [0.3, 0.4) is 0 Å². The van der Waals surface area contributed by atoms with Crippen LogP contribution in [0.4, 0.5) is 0 Å². The van der Waals surface area contributed by atoms with E-state index in [1.54, 1.807) is 0 Å². The van der Waals surface area contributed by atoms with Crippen LogP contribution in [-0.4, -0.2) is 11.1 Å². The van der Waals surface area contributed by atoms with Crippen molar-refractivity contribution in [1.29, 1.82) is 0 Å². The van der Waals surface area contributed by atoms with Crippen molar-refractivity contribution in [2.75, 3.05) is 6.54 Å². The highest BCUT2D eigenvalue weighted by Crippen LogP contribution is 2.31. The van der Waals surface area contributed by atoms with Gasteiger partial charge in [-0.05, 0) is 30.5 Å². The van der Waals surface area contributed by atoms with Crippen molar-refractivity contribution in [3.63, 3.8) is 0 Å². The third-order valence-electron chi connectivity index (χ3n) is 3.36. The molecule has 0 aliphatic carbocycles. The molecule has 2 nitrogen and oxygen atoms in total. The predicted octanol–water partition coefficient (Wildman–Crippen LogP) is 3.57. The van der Waals surface area contributed by atoms with Gasteiger partial charge in [0.05, 0.1) is 0 Å². The summed E-state index contributed by atoms with van der Waals surface area (Å²) in [6, 6.07) is 8.56. The third-order valence-corrected chi connectivity index (χ3v) is 3.36. The summed E-state index contributed by atoms with van der Waals surface area (Å²) in [7, 11) is 2.10. The Morgan fingerprint density at radius 3 is 2.72 bits per heavy atom. The molecule has 96 valence electrons. The standard InChI is InChI=1S/C16H22N2/c1-12(2)13(8-6-10-17)15-11-18(3)16-9-5-4-7-14(15)16/h4-5,7-9,11-12H,6,10,17H2,1-3H3/b13-8+. The zero-order valence-corrected chi connectivity index (χ0v) is 11.5. The largest absolute Gasteiger partial charge is 0.350 e. The molecule has 0 bridgehead atoms. The van der Waals surface area contributed by atoms with Gasteiger partial charge < -0.3 is 10.3 Å². The topological polar surface area (TPSA) is 30.9 Å². The van der Waals surface area contributed by atoms with E-state index in [2.05, 4.69) is 62.0 Å². The molecule has 0 spiro atoms. The molecule has 0 unspecified atom stereocenters. The summed E-state index contributed by atoms with van der Waals surface area (Å²) in [6.45, 7) is 5.19. The molecule has 1 aromatic carbocycles. The van der Waals surface area contributed by atoms with Crippen molar-refractivity contribution < 1.29 is 0 Å². The second-order valence-corrected chi connectivity index (χ2v) is 5.06. The molecule has 0 aliphatic heterocycles. The number of nitrogens with two attached hydrogens (primary N) is 1. The number of benzene rings is 1. The Kier molecular flexibility index (Phi) is 3.87. The number of rotatable bonds is 4. The number of aryl methyl sites for hydroxylation is 1. The fraction of sp³-hybridized carbons (Fsp3) is 0.375. The molecule has 0 saturated carbocycles. The summed E-state index contributed by atoms with van der Waals surface area (Å²) in [4.78, 5) is 0. The summed E-state index contributed by atoms with van der Waals surface area (Å²) in [5, 5.41) is 1.33. The number of aromatic nitrogens is 1. The highest BCUT2D eigenvalue weighted by molar-refractivity contribution is 5.93. The fourth-order valence-corrected chi connectivity index (χ4v) is 2.47. The van der Waals surface area contributed by atoms with Crippen molar-refractivity contribution in [1.82, 2.24) is 4.57 Å². The van der Waals surface area contributed by atoms with Crippen molar-refractivity contribution in [3.05, 3.63) is 42.1 Å². The maximum atomic E-state index is 5.62. The summed E-state index contributed by atoms with van der Waals surface area (Å²) in [5.41, 5.74) is 9.65. The van der Waals surface area contributed by atoms with Gasteiger partial charge in [-0.2, -0.15) is 0 Å². The van der Waals surface area contributed by atoms with Crippen molar-refractivity contribution in [2.24, 2.45) is 18.7 Å². The van der Waals surface area contributed by atoms with Gasteiger partial charge in [-0.15, -0.1) is 0 Å². The Morgan fingerprint density at radius 2 is 2.06 bits per heavy atom. The third kappa shape index (κ3) is 2.34. The molecular formula is C16H22N2. The van der Waals surface area contributed by atoms with E-state index in [4.69, 9.17) is 5.73 Å². The van der Waals surface area contributed by atoms with Gasteiger partial charge in [-0.1, -0.05) is 38.1 Å². The Hall–Kier alpha value is -1.54. The van der Waals surface area contributed by atoms with E-state index >= 15 is 0 Å². The first kappa shape index (κ1) is 12.9. The summed E-state index contributed by atoms with van der Waals surface area (Å²) < 4.78 is 2.20. The lowest BCUT2D eigenvalue weighted by molar-refractivity contribution is 0.845. The molecule has 2 rings (SSSR count). The van der Waals surface area contributed by atoms with Gasteiger partial charge >= 0.3 is 0 Å². The first-order valence-corrected chi connectivity index (χ1v) is 6.59. The first-order chi connectivity index (χ1) is 8.65. The van der Waals surface area contributed by atoms with Crippen molar-refractivity contribution in [3.8, 4) is 0 Å². The molecule has 0 atom stereocenters. The van der Waals surface area contributed by atoms with Crippen molar-refractivity contribution >= 4 is 16.5 Å². The molecule has 0 saturated heterocycles. The average molecular weight is 242 g/mol. The molecule has 2 aromatic rings. The van der Waals surface area contributed by atoms with Gasteiger partial charge in [0.1, 0.15) is 0 Å². The second-order valence-electron chi connectivity index (χ2n) is 5.06. The number of fused-ring (bicyclic) bond motifs is 1. The second kappa shape index (κ2) is 5.40. The molecule has 1 aromatic heterocycles. The molecule has 0 aliphatic rings. The lowest BCUT2D eigenvalue weighted by Crippen LogP contribution is -1.99. The molecule has 0 fully saturated rings. The van der Waals surface area contributed by atoms with Crippen LogP contribution in [0, 0.1) is 5.92 Å². The molecule has 18 heavy (non-hydrogen) atoms. The molecule has 2 heteroatoms. The minimum atomic E-state index is 0.516. The Morgan fingerprint density at radius 1 is 1.33 bits per heavy atom. The zero-order valence-electron chi connectivity index (χ0n) is 11.5. The van der Waals surface area contributed by atoms with Gasteiger partial charge in [0.25, 0.3) is 0 Å². The van der Waals surface area contributed by atoms with Gasteiger partial charge in [0.2, 0.25) is 0 Å². The summed E-state index contributed by atoms with van der Waals surface area (Å²) >= 11 is 0. The van der Waals surface area contributed by atoms with Crippen LogP contribution in [0.25, 0.3) is 16.5 Å². The SMILES string of the molecule is CC(C)/C(=C\CCN)c1cn(C)c2ccccc12. The molecule has 0 radical (unpaired) electrons. The van der Waals surface area contributed by atoms with Crippen LogP contribution in [0.15, 0.2) is 36.5 Å². The normalized spacial score (nSPS) is 12.6. The number of allylic oxidation sites excluding steroid dienone is 1. The lowest BCUT2D eigenvalue weighted by atomic mass is 9.94. The highest BCUT2D eigenvalue weighted by atomic mass is 14.9. The maximum Gasteiger partial charge on any atom is 0.0484 e. The van der Waals surface area contributed by atoms with Crippen LogP contribution in [0.1, 0.15) is 25.8 Å². The number of para-hydroxylation sites is 1. The summed E-state index contributed by atoms with van der Waals surface area (Å²) in [5.74, 6) is 0.516.